The molecule has 2 aliphatic rings. The van der Waals surface area contributed by atoms with E-state index in [2.05, 4.69) is 15.1 Å². The number of likely N-dealkylation sites (N-methyl/N-ethyl adjacent to an activating group) is 1. The summed E-state index contributed by atoms with van der Waals surface area (Å²) in [6.45, 7) is 7.37. The van der Waals surface area contributed by atoms with Crippen molar-refractivity contribution >= 4 is 5.97 Å². The Hall–Kier alpha value is -0.650. The number of nitrogens with one attached hydrogen (secondary N) is 1. The number of nitrogens with zero attached hydrogens (tertiary/aromatic N) is 2. The zero-order valence-electron chi connectivity index (χ0n) is 12.9. The second-order valence-electron chi connectivity index (χ2n) is 6.48. The molecule has 2 atom stereocenters. The first-order chi connectivity index (χ1) is 9.55. The third-order valence-corrected chi connectivity index (χ3v) is 5.11. The third kappa shape index (κ3) is 3.71. The van der Waals surface area contributed by atoms with Crippen molar-refractivity contribution in [3.05, 3.63) is 0 Å². The van der Waals surface area contributed by atoms with Gasteiger partial charge in [-0.05, 0) is 59.3 Å². The van der Waals surface area contributed by atoms with Crippen LogP contribution in [0, 0.1) is 0 Å². The Kier molecular flexibility index (Phi) is 5.41. The molecule has 0 bridgehead atoms. The van der Waals surface area contributed by atoms with Crippen molar-refractivity contribution in [3.8, 4) is 0 Å². The Morgan fingerprint density at radius 3 is 2.60 bits per heavy atom. The van der Waals surface area contributed by atoms with Crippen molar-refractivity contribution < 1.29 is 9.90 Å². The second kappa shape index (κ2) is 6.87. The van der Waals surface area contributed by atoms with Gasteiger partial charge in [-0.3, -0.25) is 9.69 Å². The van der Waals surface area contributed by atoms with Crippen LogP contribution in [0.4, 0.5) is 0 Å². The molecule has 116 valence electrons. The van der Waals surface area contributed by atoms with Gasteiger partial charge in [0.15, 0.2) is 0 Å². The number of aliphatic carboxylic acids is 1. The molecule has 0 radical (unpaired) electrons. The van der Waals surface area contributed by atoms with E-state index in [9.17, 15) is 9.90 Å². The van der Waals surface area contributed by atoms with Crippen LogP contribution < -0.4 is 5.32 Å². The van der Waals surface area contributed by atoms with Gasteiger partial charge in [0, 0.05) is 19.1 Å². The summed E-state index contributed by atoms with van der Waals surface area (Å²) in [5.74, 6) is -0.758. The fourth-order valence-corrected chi connectivity index (χ4v) is 3.32. The van der Waals surface area contributed by atoms with Crippen LogP contribution in [0.2, 0.25) is 0 Å². The topological polar surface area (TPSA) is 55.8 Å². The van der Waals surface area contributed by atoms with Crippen LogP contribution in [0.15, 0.2) is 0 Å². The number of rotatable bonds is 6. The fourth-order valence-electron chi connectivity index (χ4n) is 3.32. The molecule has 2 unspecified atom stereocenters. The van der Waals surface area contributed by atoms with Crippen LogP contribution in [0.5, 0.6) is 0 Å². The van der Waals surface area contributed by atoms with E-state index in [0.717, 1.165) is 19.6 Å². The highest BCUT2D eigenvalue weighted by atomic mass is 16.4. The summed E-state index contributed by atoms with van der Waals surface area (Å²) in [5.41, 5.74) is -0.802. The normalized spacial score (nSPS) is 28.4. The zero-order valence-corrected chi connectivity index (χ0v) is 12.9. The molecule has 0 aromatic heterocycles. The molecule has 2 N–H and O–H groups in total. The Morgan fingerprint density at radius 1 is 1.30 bits per heavy atom. The number of carboxylic acids is 1. The summed E-state index contributed by atoms with van der Waals surface area (Å²) in [4.78, 5) is 16.3. The molecule has 5 nitrogen and oxygen atoms in total. The molecule has 0 aliphatic carbocycles. The van der Waals surface area contributed by atoms with Crippen LogP contribution >= 0.6 is 0 Å². The van der Waals surface area contributed by atoms with Crippen LogP contribution in [0.25, 0.3) is 0 Å². The third-order valence-electron chi connectivity index (χ3n) is 5.11. The van der Waals surface area contributed by atoms with Gasteiger partial charge >= 0.3 is 5.97 Å². The van der Waals surface area contributed by atoms with Gasteiger partial charge in [0.2, 0.25) is 0 Å². The predicted octanol–water partition coefficient (Wildman–Crippen LogP) is 0.999. The van der Waals surface area contributed by atoms with E-state index in [1.54, 1.807) is 14.0 Å². The Morgan fingerprint density at radius 2 is 2.00 bits per heavy atom. The smallest absolute Gasteiger partial charge is 0.323 e. The highest BCUT2D eigenvalue weighted by molar-refractivity contribution is 5.78. The molecule has 0 spiro atoms. The van der Waals surface area contributed by atoms with Gasteiger partial charge in [0.1, 0.15) is 5.54 Å². The van der Waals surface area contributed by atoms with Crippen LogP contribution in [-0.2, 0) is 4.79 Å². The predicted molar refractivity (Wildman–Crippen MR) is 80.0 cm³/mol. The lowest BCUT2D eigenvalue weighted by molar-refractivity contribution is -0.144. The lowest BCUT2D eigenvalue weighted by Crippen LogP contribution is -2.49. The van der Waals surface area contributed by atoms with Crippen molar-refractivity contribution in [2.24, 2.45) is 0 Å². The van der Waals surface area contributed by atoms with Crippen LogP contribution in [-0.4, -0.2) is 72.2 Å². The summed E-state index contributed by atoms with van der Waals surface area (Å²) >= 11 is 0. The van der Waals surface area contributed by atoms with Gasteiger partial charge in [0.25, 0.3) is 0 Å². The molecular formula is C15H29N3O2. The molecule has 5 heteroatoms. The molecule has 0 saturated carbocycles. The Labute approximate surface area is 122 Å². The SMILES string of the molecule is CNC(C)(CCN1CCC(N2CCCCC2)C1)C(=O)O. The minimum absolute atomic E-state index is 0.658. The average molecular weight is 283 g/mol. The van der Waals surface area contributed by atoms with E-state index >= 15 is 0 Å². The number of carbonyl (C=O) groups is 1. The largest absolute Gasteiger partial charge is 0.480 e. The number of hydrogen-bond donors (Lipinski definition) is 2. The van der Waals surface area contributed by atoms with Crippen LogP contribution in [0.3, 0.4) is 0 Å². The van der Waals surface area contributed by atoms with E-state index in [-0.39, 0.29) is 0 Å². The summed E-state index contributed by atoms with van der Waals surface area (Å²) in [5, 5.41) is 12.2. The fraction of sp³-hybridized carbons (Fsp3) is 0.933. The summed E-state index contributed by atoms with van der Waals surface area (Å²) in [6, 6.07) is 0.695. The van der Waals surface area contributed by atoms with Gasteiger partial charge in [-0.2, -0.15) is 0 Å². The lowest BCUT2D eigenvalue weighted by Gasteiger charge is -2.32. The maximum absolute atomic E-state index is 11.3. The summed E-state index contributed by atoms with van der Waals surface area (Å²) < 4.78 is 0. The van der Waals surface area contributed by atoms with E-state index in [0.29, 0.717) is 12.5 Å². The number of hydrogen-bond acceptors (Lipinski definition) is 4. The molecular weight excluding hydrogens is 254 g/mol. The quantitative estimate of drug-likeness (QED) is 0.761. The van der Waals surface area contributed by atoms with Gasteiger partial charge in [-0.15, -0.1) is 0 Å². The first kappa shape index (κ1) is 15.7. The van der Waals surface area contributed by atoms with Crippen molar-refractivity contribution in [2.75, 3.05) is 39.8 Å². The minimum atomic E-state index is -0.802. The molecule has 2 heterocycles. The zero-order chi connectivity index (χ0) is 14.6. The van der Waals surface area contributed by atoms with Gasteiger partial charge in [0.05, 0.1) is 0 Å². The maximum Gasteiger partial charge on any atom is 0.323 e. The highest BCUT2D eigenvalue weighted by Crippen LogP contribution is 2.21. The molecule has 0 amide bonds. The van der Waals surface area contributed by atoms with Crippen molar-refractivity contribution in [1.29, 1.82) is 0 Å². The highest BCUT2D eigenvalue weighted by Gasteiger charge is 2.33. The Bertz CT molecular complexity index is 331. The summed E-state index contributed by atoms with van der Waals surface area (Å²) in [7, 11) is 1.73. The van der Waals surface area contributed by atoms with E-state index in [1.807, 2.05) is 0 Å². The second-order valence-corrected chi connectivity index (χ2v) is 6.48. The van der Waals surface area contributed by atoms with E-state index < -0.39 is 11.5 Å². The molecule has 2 aliphatic heterocycles. The molecule has 0 aromatic carbocycles. The standard InChI is InChI=1S/C15H29N3O2/c1-15(16-2,14(19)20)7-11-17-10-6-13(12-17)18-8-4-3-5-9-18/h13,16H,3-12H2,1-2H3,(H,19,20). The van der Waals surface area contributed by atoms with E-state index in [1.165, 1.54) is 38.8 Å². The number of piperidine rings is 1. The molecule has 0 aromatic rings. The van der Waals surface area contributed by atoms with Gasteiger partial charge in [-0.25, -0.2) is 0 Å². The van der Waals surface area contributed by atoms with Crippen molar-refractivity contribution in [2.45, 2.75) is 50.6 Å². The Balaban J connectivity index is 1.77. The molecule has 2 saturated heterocycles. The van der Waals surface area contributed by atoms with Crippen LogP contribution in [0.1, 0.15) is 39.0 Å². The molecule has 2 fully saturated rings. The number of likely N-dealkylation sites (tertiary alicyclic amines) is 2. The van der Waals surface area contributed by atoms with Crippen molar-refractivity contribution in [3.63, 3.8) is 0 Å². The summed E-state index contributed by atoms with van der Waals surface area (Å²) in [6.07, 6.45) is 5.96. The van der Waals surface area contributed by atoms with Crippen molar-refractivity contribution in [1.82, 2.24) is 15.1 Å². The van der Waals surface area contributed by atoms with E-state index in [4.69, 9.17) is 0 Å². The van der Waals surface area contributed by atoms with Gasteiger partial charge < -0.3 is 15.3 Å². The lowest BCUT2D eigenvalue weighted by atomic mass is 9.98. The molecule has 2 rings (SSSR count). The first-order valence-corrected chi connectivity index (χ1v) is 7.94. The monoisotopic (exact) mass is 283 g/mol. The maximum atomic E-state index is 11.3. The molecule has 20 heavy (non-hydrogen) atoms. The average Bonchev–Trinajstić information content (AvgIpc) is 2.94. The number of carboxylic acid groups (broad SMARTS) is 1. The first-order valence-electron chi connectivity index (χ1n) is 7.94. The van der Waals surface area contributed by atoms with Gasteiger partial charge in [-0.1, -0.05) is 6.42 Å². The minimum Gasteiger partial charge on any atom is -0.480 e.